The lowest BCUT2D eigenvalue weighted by Crippen LogP contribution is -2.32. The van der Waals surface area contributed by atoms with E-state index in [0.29, 0.717) is 25.6 Å². The van der Waals surface area contributed by atoms with Gasteiger partial charge in [0.15, 0.2) is 0 Å². The molecular formula is C14H20N2O2. The summed E-state index contributed by atoms with van der Waals surface area (Å²) in [7, 11) is 0. The van der Waals surface area contributed by atoms with Crippen LogP contribution >= 0.6 is 0 Å². The van der Waals surface area contributed by atoms with Crippen LogP contribution in [0.2, 0.25) is 0 Å². The summed E-state index contributed by atoms with van der Waals surface area (Å²) < 4.78 is 5.28. The molecule has 98 valence electrons. The highest BCUT2D eigenvalue weighted by Gasteiger charge is 2.32. The quantitative estimate of drug-likeness (QED) is 0.890. The minimum Gasteiger partial charge on any atom is -0.445 e. The number of nitrogens with two attached hydrogens (primary N) is 1. The van der Waals surface area contributed by atoms with Gasteiger partial charge >= 0.3 is 6.09 Å². The molecule has 1 heterocycles. The molecule has 0 bridgehead atoms. The van der Waals surface area contributed by atoms with E-state index in [1.807, 2.05) is 30.3 Å². The molecule has 1 amide bonds. The van der Waals surface area contributed by atoms with Crippen molar-refractivity contribution in [2.75, 3.05) is 13.1 Å². The van der Waals surface area contributed by atoms with E-state index in [4.69, 9.17) is 10.5 Å². The van der Waals surface area contributed by atoms with Crippen LogP contribution in [0, 0.1) is 5.92 Å². The van der Waals surface area contributed by atoms with Crippen molar-refractivity contribution in [3.05, 3.63) is 35.9 Å². The molecule has 1 aromatic carbocycles. The zero-order valence-electron chi connectivity index (χ0n) is 10.7. The van der Waals surface area contributed by atoms with Crippen LogP contribution in [-0.4, -0.2) is 30.1 Å². The average Bonchev–Trinajstić information content (AvgIpc) is 2.78. The van der Waals surface area contributed by atoms with E-state index in [9.17, 15) is 4.79 Å². The van der Waals surface area contributed by atoms with E-state index in [0.717, 1.165) is 12.0 Å². The number of carbonyl (C=O) groups excluding carboxylic acids is 1. The number of ether oxygens (including phenoxy) is 1. The maximum atomic E-state index is 11.9. The largest absolute Gasteiger partial charge is 0.445 e. The number of hydrogen-bond acceptors (Lipinski definition) is 3. The molecule has 0 radical (unpaired) electrons. The Morgan fingerprint density at radius 1 is 1.39 bits per heavy atom. The molecule has 4 nitrogen and oxygen atoms in total. The van der Waals surface area contributed by atoms with Gasteiger partial charge in [-0.1, -0.05) is 43.7 Å². The predicted octanol–water partition coefficient (Wildman–Crippen LogP) is 1.99. The van der Waals surface area contributed by atoms with Gasteiger partial charge in [-0.3, -0.25) is 0 Å². The van der Waals surface area contributed by atoms with Crippen molar-refractivity contribution in [2.24, 2.45) is 11.7 Å². The van der Waals surface area contributed by atoms with Gasteiger partial charge in [-0.2, -0.15) is 0 Å². The van der Waals surface area contributed by atoms with E-state index in [1.165, 1.54) is 0 Å². The summed E-state index contributed by atoms with van der Waals surface area (Å²) in [6, 6.07) is 9.77. The molecule has 0 aliphatic carbocycles. The zero-order valence-corrected chi connectivity index (χ0v) is 10.7. The Balaban J connectivity index is 1.82. The summed E-state index contributed by atoms with van der Waals surface area (Å²) in [4.78, 5) is 13.6. The van der Waals surface area contributed by atoms with Crippen LogP contribution in [0.3, 0.4) is 0 Å². The smallest absolute Gasteiger partial charge is 0.410 e. The van der Waals surface area contributed by atoms with Crippen molar-refractivity contribution < 1.29 is 9.53 Å². The normalized spacial score (nSPS) is 23.1. The number of carbonyl (C=O) groups is 1. The molecule has 0 unspecified atom stereocenters. The van der Waals surface area contributed by atoms with Gasteiger partial charge in [0.1, 0.15) is 6.61 Å². The molecule has 2 rings (SSSR count). The maximum absolute atomic E-state index is 11.9. The number of benzene rings is 1. The molecule has 4 heteroatoms. The highest BCUT2D eigenvalue weighted by molar-refractivity contribution is 5.68. The molecule has 0 aromatic heterocycles. The monoisotopic (exact) mass is 248 g/mol. The van der Waals surface area contributed by atoms with Gasteiger partial charge in [0.2, 0.25) is 0 Å². The topological polar surface area (TPSA) is 55.6 Å². The molecule has 2 atom stereocenters. The summed E-state index contributed by atoms with van der Waals surface area (Å²) in [5.74, 6) is 0.397. The molecule has 18 heavy (non-hydrogen) atoms. The minimum absolute atomic E-state index is 0.0827. The van der Waals surface area contributed by atoms with Crippen molar-refractivity contribution >= 4 is 6.09 Å². The van der Waals surface area contributed by atoms with E-state index >= 15 is 0 Å². The van der Waals surface area contributed by atoms with Crippen LogP contribution in [-0.2, 0) is 11.3 Å². The van der Waals surface area contributed by atoms with Crippen molar-refractivity contribution in [1.82, 2.24) is 4.90 Å². The minimum atomic E-state index is -0.259. The van der Waals surface area contributed by atoms with Crippen LogP contribution in [0.15, 0.2) is 30.3 Å². The average molecular weight is 248 g/mol. The molecule has 0 spiro atoms. The van der Waals surface area contributed by atoms with Gasteiger partial charge in [0.25, 0.3) is 0 Å². The molecule has 0 saturated carbocycles. The summed E-state index contributed by atoms with van der Waals surface area (Å²) in [6.45, 7) is 3.74. The summed E-state index contributed by atoms with van der Waals surface area (Å²) in [6.07, 6.45) is 0.745. The Kier molecular flexibility index (Phi) is 4.20. The number of nitrogens with zero attached hydrogens (tertiary/aromatic N) is 1. The first-order chi connectivity index (χ1) is 8.70. The van der Waals surface area contributed by atoms with E-state index in [-0.39, 0.29) is 12.1 Å². The van der Waals surface area contributed by atoms with Gasteiger partial charge in [0, 0.05) is 19.1 Å². The number of amides is 1. The fraction of sp³-hybridized carbons (Fsp3) is 0.500. The standard InChI is InChI=1S/C14H20N2O2/c1-2-12-8-16(9-13(12)15)14(17)18-10-11-6-4-3-5-7-11/h3-7,12-13H,2,8-10,15H2,1H3/t12-,13+/m1/s1. The zero-order chi connectivity index (χ0) is 13.0. The SMILES string of the molecule is CC[C@@H]1CN(C(=O)OCc2ccccc2)C[C@@H]1N. The van der Waals surface area contributed by atoms with Crippen molar-refractivity contribution in [2.45, 2.75) is 26.0 Å². The number of likely N-dealkylation sites (tertiary alicyclic amines) is 1. The van der Waals surface area contributed by atoms with Crippen LogP contribution in [0.5, 0.6) is 0 Å². The molecule has 1 aliphatic rings. The van der Waals surface area contributed by atoms with Gasteiger partial charge in [-0.25, -0.2) is 4.79 Å². The van der Waals surface area contributed by atoms with Crippen LogP contribution < -0.4 is 5.73 Å². The second-order valence-corrected chi connectivity index (χ2v) is 4.78. The second-order valence-electron chi connectivity index (χ2n) is 4.78. The van der Waals surface area contributed by atoms with Gasteiger partial charge < -0.3 is 15.4 Å². The Labute approximate surface area is 108 Å². The third kappa shape index (κ3) is 3.01. The molecule has 1 aromatic rings. The summed E-state index contributed by atoms with van der Waals surface area (Å²) >= 11 is 0. The first-order valence-electron chi connectivity index (χ1n) is 6.42. The van der Waals surface area contributed by atoms with Gasteiger partial charge in [-0.05, 0) is 11.5 Å². The lowest BCUT2D eigenvalue weighted by Gasteiger charge is -2.15. The number of hydrogen-bond donors (Lipinski definition) is 1. The second kappa shape index (κ2) is 5.87. The fourth-order valence-corrected chi connectivity index (χ4v) is 2.29. The van der Waals surface area contributed by atoms with Gasteiger partial charge in [-0.15, -0.1) is 0 Å². The Bertz CT molecular complexity index is 394. The maximum Gasteiger partial charge on any atom is 0.410 e. The molecule has 1 saturated heterocycles. The molecule has 1 fully saturated rings. The van der Waals surface area contributed by atoms with Crippen LogP contribution in [0.4, 0.5) is 4.79 Å². The molecule has 2 N–H and O–H groups in total. The van der Waals surface area contributed by atoms with Gasteiger partial charge in [0.05, 0.1) is 0 Å². The molecular weight excluding hydrogens is 228 g/mol. The van der Waals surface area contributed by atoms with Crippen molar-refractivity contribution in [1.29, 1.82) is 0 Å². The first kappa shape index (κ1) is 12.9. The summed E-state index contributed by atoms with van der Waals surface area (Å²) in [5, 5.41) is 0. The first-order valence-corrected chi connectivity index (χ1v) is 6.42. The Hall–Kier alpha value is -1.55. The lowest BCUT2D eigenvalue weighted by atomic mass is 10.0. The third-order valence-corrected chi connectivity index (χ3v) is 3.48. The number of rotatable bonds is 3. The van der Waals surface area contributed by atoms with E-state index in [2.05, 4.69) is 6.92 Å². The summed E-state index contributed by atoms with van der Waals surface area (Å²) in [5.41, 5.74) is 6.98. The highest BCUT2D eigenvalue weighted by atomic mass is 16.6. The van der Waals surface area contributed by atoms with Crippen molar-refractivity contribution in [3.63, 3.8) is 0 Å². The Morgan fingerprint density at radius 3 is 2.72 bits per heavy atom. The molecule has 1 aliphatic heterocycles. The predicted molar refractivity (Wildman–Crippen MR) is 70.0 cm³/mol. The fourth-order valence-electron chi connectivity index (χ4n) is 2.29. The third-order valence-electron chi connectivity index (χ3n) is 3.48. The Morgan fingerprint density at radius 2 is 2.11 bits per heavy atom. The van der Waals surface area contributed by atoms with Crippen molar-refractivity contribution in [3.8, 4) is 0 Å². The van der Waals surface area contributed by atoms with Crippen LogP contribution in [0.1, 0.15) is 18.9 Å². The highest BCUT2D eigenvalue weighted by Crippen LogP contribution is 2.19. The van der Waals surface area contributed by atoms with E-state index < -0.39 is 0 Å². The lowest BCUT2D eigenvalue weighted by molar-refractivity contribution is 0.103. The van der Waals surface area contributed by atoms with E-state index in [1.54, 1.807) is 4.90 Å². The van der Waals surface area contributed by atoms with Crippen LogP contribution in [0.25, 0.3) is 0 Å².